The Labute approximate surface area is 169 Å². The lowest BCUT2D eigenvalue weighted by molar-refractivity contribution is -0.143. The lowest BCUT2D eigenvalue weighted by atomic mass is 10.0. The van der Waals surface area contributed by atoms with E-state index in [0.717, 1.165) is 51.4 Å². The molecule has 0 bridgehead atoms. The van der Waals surface area contributed by atoms with E-state index in [2.05, 4.69) is 13.8 Å². The fourth-order valence-corrected chi connectivity index (χ4v) is 3.31. The standard InChI is InChI=1S/C24H46O3/c1-3-5-7-15-19-23(25)20-16-13-11-9-10-12-14-17-21-24(26)27-22-18-8-6-4-2/h3-22H2,1-2H3. The average molecular weight is 383 g/mol. The number of carbonyl (C=O) groups excluding carboxylic acids is 2. The summed E-state index contributed by atoms with van der Waals surface area (Å²) < 4.78 is 5.25. The Morgan fingerprint density at radius 2 is 0.926 bits per heavy atom. The summed E-state index contributed by atoms with van der Waals surface area (Å²) in [5.41, 5.74) is 0. The second-order valence-electron chi connectivity index (χ2n) is 7.96. The van der Waals surface area contributed by atoms with Crippen LogP contribution in [0.5, 0.6) is 0 Å². The molecule has 0 heterocycles. The van der Waals surface area contributed by atoms with Gasteiger partial charge in [-0.15, -0.1) is 0 Å². The van der Waals surface area contributed by atoms with Crippen LogP contribution in [0.4, 0.5) is 0 Å². The van der Waals surface area contributed by atoms with Crippen molar-refractivity contribution in [1.29, 1.82) is 0 Å². The van der Waals surface area contributed by atoms with Gasteiger partial charge in [-0.3, -0.25) is 9.59 Å². The van der Waals surface area contributed by atoms with Crippen molar-refractivity contribution in [2.45, 2.75) is 136 Å². The number of Topliss-reactive ketones (excluding diaryl/α,β-unsaturated/α-hetero) is 1. The summed E-state index contributed by atoms with van der Waals surface area (Å²) in [6.45, 7) is 4.98. The van der Waals surface area contributed by atoms with Gasteiger partial charge in [-0.1, -0.05) is 90.9 Å². The monoisotopic (exact) mass is 382 g/mol. The van der Waals surface area contributed by atoms with Crippen LogP contribution in [0.15, 0.2) is 0 Å². The number of hydrogen-bond acceptors (Lipinski definition) is 3. The van der Waals surface area contributed by atoms with Crippen molar-refractivity contribution in [3.63, 3.8) is 0 Å². The summed E-state index contributed by atoms with van der Waals surface area (Å²) in [4.78, 5) is 23.3. The first-order valence-corrected chi connectivity index (χ1v) is 11.9. The lowest BCUT2D eigenvalue weighted by Gasteiger charge is -2.05. The molecule has 0 aliphatic heterocycles. The highest BCUT2D eigenvalue weighted by Crippen LogP contribution is 2.12. The van der Waals surface area contributed by atoms with Crippen LogP contribution in [0.2, 0.25) is 0 Å². The molecule has 0 fully saturated rings. The predicted molar refractivity (Wildman–Crippen MR) is 115 cm³/mol. The summed E-state index contributed by atoms with van der Waals surface area (Å²) in [6.07, 6.45) is 20.8. The summed E-state index contributed by atoms with van der Waals surface area (Å²) in [5.74, 6) is 0.439. The number of hydrogen-bond donors (Lipinski definition) is 0. The highest BCUT2D eigenvalue weighted by molar-refractivity contribution is 5.78. The van der Waals surface area contributed by atoms with Crippen LogP contribution < -0.4 is 0 Å². The molecular formula is C24H46O3. The van der Waals surface area contributed by atoms with Gasteiger partial charge in [-0.05, 0) is 25.7 Å². The molecular weight excluding hydrogens is 336 g/mol. The Balaban J connectivity index is 3.22. The van der Waals surface area contributed by atoms with Crippen LogP contribution in [0, 0.1) is 0 Å². The molecule has 0 aromatic heterocycles. The molecule has 3 nitrogen and oxygen atoms in total. The van der Waals surface area contributed by atoms with Crippen molar-refractivity contribution in [2.75, 3.05) is 6.61 Å². The van der Waals surface area contributed by atoms with Crippen molar-refractivity contribution in [2.24, 2.45) is 0 Å². The normalized spacial score (nSPS) is 10.9. The third-order valence-electron chi connectivity index (χ3n) is 5.16. The summed E-state index contributed by atoms with van der Waals surface area (Å²) in [5, 5.41) is 0. The Morgan fingerprint density at radius 1 is 0.519 bits per heavy atom. The van der Waals surface area contributed by atoms with Crippen LogP contribution in [0.1, 0.15) is 136 Å². The number of unbranched alkanes of at least 4 members (excludes halogenated alkanes) is 13. The van der Waals surface area contributed by atoms with E-state index in [0.29, 0.717) is 18.8 Å². The van der Waals surface area contributed by atoms with E-state index in [-0.39, 0.29) is 5.97 Å². The minimum atomic E-state index is -0.0224. The fraction of sp³-hybridized carbons (Fsp3) is 0.917. The number of rotatable bonds is 21. The molecule has 0 atom stereocenters. The van der Waals surface area contributed by atoms with Gasteiger partial charge in [0.15, 0.2) is 0 Å². The van der Waals surface area contributed by atoms with Gasteiger partial charge in [0, 0.05) is 19.3 Å². The molecule has 0 aromatic rings. The van der Waals surface area contributed by atoms with Gasteiger partial charge in [-0.25, -0.2) is 0 Å². The van der Waals surface area contributed by atoms with Crippen molar-refractivity contribution in [3.8, 4) is 0 Å². The SMILES string of the molecule is CCCCCCOC(=O)CCCCCCCCCCC(=O)CCCCCC. The van der Waals surface area contributed by atoms with Crippen molar-refractivity contribution >= 4 is 11.8 Å². The molecule has 0 aliphatic carbocycles. The Hall–Kier alpha value is -0.860. The molecule has 0 amide bonds. The van der Waals surface area contributed by atoms with Gasteiger partial charge < -0.3 is 4.74 Å². The molecule has 0 aliphatic rings. The zero-order valence-corrected chi connectivity index (χ0v) is 18.4. The summed E-state index contributed by atoms with van der Waals surface area (Å²) in [7, 11) is 0. The molecule has 3 heteroatoms. The lowest BCUT2D eigenvalue weighted by Crippen LogP contribution is -2.05. The van der Waals surface area contributed by atoms with E-state index in [1.165, 1.54) is 64.2 Å². The van der Waals surface area contributed by atoms with Gasteiger partial charge in [0.2, 0.25) is 0 Å². The molecule has 27 heavy (non-hydrogen) atoms. The molecule has 0 radical (unpaired) electrons. The zero-order chi connectivity index (χ0) is 20.0. The minimum Gasteiger partial charge on any atom is -0.466 e. The third kappa shape index (κ3) is 21.3. The Kier molecular flexibility index (Phi) is 20.8. The number of ether oxygens (including phenoxy) is 1. The van der Waals surface area contributed by atoms with E-state index >= 15 is 0 Å². The van der Waals surface area contributed by atoms with Crippen molar-refractivity contribution < 1.29 is 14.3 Å². The van der Waals surface area contributed by atoms with Crippen LogP contribution >= 0.6 is 0 Å². The van der Waals surface area contributed by atoms with E-state index in [9.17, 15) is 9.59 Å². The van der Waals surface area contributed by atoms with Crippen molar-refractivity contribution in [1.82, 2.24) is 0 Å². The maximum absolute atomic E-state index is 11.7. The summed E-state index contributed by atoms with van der Waals surface area (Å²) in [6, 6.07) is 0. The smallest absolute Gasteiger partial charge is 0.305 e. The average Bonchev–Trinajstić information content (AvgIpc) is 2.66. The molecule has 0 aromatic carbocycles. The fourth-order valence-electron chi connectivity index (χ4n) is 3.31. The molecule has 0 saturated heterocycles. The van der Waals surface area contributed by atoms with Crippen LogP contribution in [-0.2, 0) is 14.3 Å². The molecule has 0 spiro atoms. The predicted octanol–water partition coefficient (Wildman–Crippen LogP) is 7.55. The highest BCUT2D eigenvalue weighted by atomic mass is 16.5. The van der Waals surface area contributed by atoms with E-state index in [1.807, 2.05) is 0 Å². The second-order valence-corrected chi connectivity index (χ2v) is 7.96. The topological polar surface area (TPSA) is 43.4 Å². The van der Waals surface area contributed by atoms with Crippen LogP contribution in [0.3, 0.4) is 0 Å². The maximum Gasteiger partial charge on any atom is 0.305 e. The first-order valence-electron chi connectivity index (χ1n) is 11.9. The largest absolute Gasteiger partial charge is 0.466 e. The Morgan fingerprint density at radius 3 is 1.44 bits per heavy atom. The number of ketones is 1. The van der Waals surface area contributed by atoms with E-state index < -0.39 is 0 Å². The zero-order valence-electron chi connectivity index (χ0n) is 18.4. The van der Waals surface area contributed by atoms with Gasteiger partial charge in [-0.2, -0.15) is 0 Å². The maximum atomic E-state index is 11.7. The second kappa shape index (κ2) is 21.4. The highest BCUT2D eigenvalue weighted by Gasteiger charge is 2.03. The van der Waals surface area contributed by atoms with Crippen LogP contribution in [0.25, 0.3) is 0 Å². The quantitative estimate of drug-likeness (QED) is 0.152. The van der Waals surface area contributed by atoms with Gasteiger partial charge in [0.25, 0.3) is 0 Å². The van der Waals surface area contributed by atoms with Gasteiger partial charge in [0.05, 0.1) is 6.61 Å². The molecule has 0 N–H and O–H groups in total. The first-order chi connectivity index (χ1) is 13.2. The minimum absolute atomic E-state index is 0.0224. The summed E-state index contributed by atoms with van der Waals surface area (Å²) >= 11 is 0. The third-order valence-corrected chi connectivity index (χ3v) is 5.16. The van der Waals surface area contributed by atoms with Gasteiger partial charge in [0.1, 0.15) is 5.78 Å². The molecule has 0 unspecified atom stereocenters. The first kappa shape index (κ1) is 26.1. The van der Waals surface area contributed by atoms with Gasteiger partial charge >= 0.3 is 5.97 Å². The van der Waals surface area contributed by atoms with E-state index in [1.54, 1.807) is 0 Å². The molecule has 0 rings (SSSR count). The number of esters is 1. The van der Waals surface area contributed by atoms with E-state index in [4.69, 9.17) is 4.74 Å². The van der Waals surface area contributed by atoms with Crippen molar-refractivity contribution in [3.05, 3.63) is 0 Å². The molecule has 0 saturated carbocycles. The molecule has 160 valence electrons. The van der Waals surface area contributed by atoms with Crippen LogP contribution in [-0.4, -0.2) is 18.4 Å². The number of carbonyl (C=O) groups is 2. The Bertz CT molecular complexity index is 339.